The Morgan fingerprint density at radius 2 is 2.00 bits per heavy atom. The van der Waals surface area contributed by atoms with Crippen LogP contribution in [0.2, 0.25) is 5.02 Å². The SMILES string of the molecule is C[C@@H](Sc1nnc(-c2cccs2)n1Cc1ccccc1)C(=O)Nc1ccc(F)cc1Cl. The Morgan fingerprint density at radius 3 is 2.71 bits per heavy atom. The number of hydrogen-bond acceptors (Lipinski definition) is 5. The molecular formula is C22H18ClFN4OS2. The van der Waals surface area contributed by atoms with E-state index in [9.17, 15) is 9.18 Å². The predicted octanol–water partition coefficient (Wildman–Crippen LogP) is 5.97. The maximum atomic E-state index is 13.3. The van der Waals surface area contributed by atoms with Crippen LogP contribution in [0.5, 0.6) is 0 Å². The van der Waals surface area contributed by atoms with E-state index in [1.54, 1.807) is 18.3 Å². The van der Waals surface area contributed by atoms with E-state index in [0.717, 1.165) is 16.3 Å². The molecule has 0 saturated heterocycles. The minimum atomic E-state index is -0.476. The molecule has 4 rings (SSSR count). The average Bonchev–Trinajstić information content (AvgIpc) is 3.41. The number of rotatable bonds is 7. The highest BCUT2D eigenvalue weighted by atomic mass is 35.5. The molecule has 0 aliphatic heterocycles. The summed E-state index contributed by atoms with van der Waals surface area (Å²) in [5.74, 6) is 0.0431. The van der Waals surface area contributed by atoms with E-state index < -0.39 is 11.1 Å². The third-order valence-electron chi connectivity index (χ3n) is 4.48. The summed E-state index contributed by atoms with van der Waals surface area (Å²) in [6.45, 7) is 2.37. The van der Waals surface area contributed by atoms with Gasteiger partial charge in [0.05, 0.1) is 27.4 Å². The Hall–Kier alpha value is -2.68. The van der Waals surface area contributed by atoms with E-state index in [4.69, 9.17) is 11.6 Å². The van der Waals surface area contributed by atoms with Gasteiger partial charge in [-0.2, -0.15) is 0 Å². The number of thiophene rings is 1. The topological polar surface area (TPSA) is 59.8 Å². The first-order valence-electron chi connectivity index (χ1n) is 9.45. The van der Waals surface area contributed by atoms with E-state index in [1.165, 1.54) is 30.0 Å². The fourth-order valence-electron chi connectivity index (χ4n) is 2.91. The molecule has 0 bridgehead atoms. The van der Waals surface area contributed by atoms with E-state index in [1.807, 2.05) is 52.4 Å². The smallest absolute Gasteiger partial charge is 0.237 e. The molecule has 0 unspecified atom stereocenters. The highest BCUT2D eigenvalue weighted by Gasteiger charge is 2.22. The van der Waals surface area contributed by atoms with Gasteiger partial charge in [-0.1, -0.05) is 59.8 Å². The monoisotopic (exact) mass is 472 g/mol. The molecule has 1 atom stereocenters. The number of hydrogen-bond donors (Lipinski definition) is 1. The van der Waals surface area contributed by atoms with Crippen LogP contribution >= 0.6 is 34.7 Å². The molecule has 0 spiro atoms. The maximum Gasteiger partial charge on any atom is 0.237 e. The van der Waals surface area contributed by atoms with Crippen LogP contribution in [0.4, 0.5) is 10.1 Å². The number of nitrogens with one attached hydrogen (secondary N) is 1. The lowest BCUT2D eigenvalue weighted by Crippen LogP contribution is -2.23. The van der Waals surface area contributed by atoms with E-state index in [-0.39, 0.29) is 10.9 Å². The summed E-state index contributed by atoms with van der Waals surface area (Å²) in [4.78, 5) is 13.7. The van der Waals surface area contributed by atoms with Crippen LogP contribution in [0, 0.1) is 5.82 Å². The minimum absolute atomic E-state index is 0.151. The van der Waals surface area contributed by atoms with Crippen molar-refractivity contribution in [2.75, 3.05) is 5.32 Å². The quantitative estimate of drug-likeness (QED) is 0.337. The largest absolute Gasteiger partial charge is 0.324 e. The van der Waals surface area contributed by atoms with Crippen LogP contribution in [0.1, 0.15) is 12.5 Å². The third kappa shape index (κ3) is 5.15. The minimum Gasteiger partial charge on any atom is -0.324 e. The number of aromatic nitrogens is 3. The second-order valence-electron chi connectivity index (χ2n) is 6.73. The zero-order valence-corrected chi connectivity index (χ0v) is 18.8. The molecule has 4 aromatic rings. The van der Waals surface area contributed by atoms with Crippen molar-refractivity contribution >= 4 is 46.3 Å². The van der Waals surface area contributed by atoms with Crippen molar-refractivity contribution in [2.45, 2.75) is 23.9 Å². The Labute approximate surface area is 192 Å². The van der Waals surface area contributed by atoms with Gasteiger partial charge in [0, 0.05) is 0 Å². The molecule has 9 heteroatoms. The third-order valence-corrected chi connectivity index (χ3v) is 6.74. The summed E-state index contributed by atoms with van der Waals surface area (Å²) in [5.41, 5.74) is 1.47. The molecular weight excluding hydrogens is 455 g/mol. The highest BCUT2D eigenvalue weighted by Crippen LogP contribution is 2.31. The Kier molecular flexibility index (Phi) is 6.70. The standard InChI is InChI=1S/C22H18ClFN4OS2/c1-14(21(29)25-18-10-9-16(24)12-17(18)23)31-22-27-26-20(19-8-5-11-30-19)28(22)13-15-6-3-2-4-7-15/h2-12,14H,13H2,1H3,(H,25,29)/t14-/m1/s1. The molecule has 0 radical (unpaired) electrons. The normalized spacial score (nSPS) is 12.0. The highest BCUT2D eigenvalue weighted by molar-refractivity contribution is 8.00. The average molecular weight is 473 g/mol. The lowest BCUT2D eigenvalue weighted by molar-refractivity contribution is -0.115. The molecule has 1 amide bonds. The Morgan fingerprint density at radius 1 is 1.19 bits per heavy atom. The second kappa shape index (κ2) is 9.64. The van der Waals surface area contributed by atoms with Gasteiger partial charge in [-0.05, 0) is 42.1 Å². The van der Waals surface area contributed by atoms with Crippen molar-refractivity contribution in [3.05, 3.63) is 82.4 Å². The summed E-state index contributed by atoms with van der Waals surface area (Å²) >= 11 is 8.92. The number of halogens is 2. The van der Waals surface area contributed by atoms with Gasteiger partial charge in [0.25, 0.3) is 0 Å². The van der Waals surface area contributed by atoms with Crippen LogP contribution < -0.4 is 5.32 Å². The second-order valence-corrected chi connectivity index (χ2v) is 9.39. The van der Waals surface area contributed by atoms with Gasteiger partial charge < -0.3 is 5.32 Å². The van der Waals surface area contributed by atoms with Crippen LogP contribution in [0.3, 0.4) is 0 Å². The maximum absolute atomic E-state index is 13.3. The predicted molar refractivity (Wildman–Crippen MR) is 124 cm³/mol. The number of benzene rings is 2. The van der Waals surface area contributed by atoms with Crippen LogP contribution in [-0.2, 0) is 11.3 Å². The van der Waals surface area contributed by atoms with Gasteiger partial charge in [-0.15, -0.1) is 21.5 Å². The van der Waals surface area contributed by atoms with Gasteiger partial charge in [0.2, 0.25) is 5.91 Å². The van der Waals surface area contributed by atoms with Gasteiger partial charge in [0.15, 0.2) is 11.0 Å². The fourth-order valence-corrected chi connectivity index (χ4v) is 4.69. The molecule has 2 heterocycles. The molecule has 158 valence electrons. The summed E-state index contributed by atoms with van der Waals surface area (Å²) in [5, 5.41) is 13.8. The first kappa shape index (κ1) is 21.5. The fraction of sp³-hybridized carbons (Fsp3) is 0.136. The Balaban J connectivity index is 1.56. The zero-order valence-electron chi connectivity index (χ0n) is 16.5. The number of amides is 1. The summed E-state index contributed by atoms with van der Waals surface area (Å²) in [6.07, 6.45) is 0. The first-order valence-corrected chi connectivity index (χ1v) is 11.6. The van der Waals surface area contributed by atoms with Crippen LogP contribution in [-0.4, -0.2) is 25.9 Å². The summed E-state index contributed by atoms with van der Waals surface area (Å²) < 4.78 is 15.3. The number of carbonyl (C=O) groups is 1. The molecule has 2 aromatic carbocycles. The molecule has 0 saturated carbocycles. The van der Waals surface area contributed by atoms with E-state index in [0.29, 0.717) is 17.4 Å². The zero-order chi connectivity index (χ0) is 21.8. The van der Waals surface area contributed by atoms with Gasteiger partial charge in [0.1, 0.15) is 5.82 Å². The first-order chi connectivity index (χ1) is 15.0. The Bertz CT molecular complexity index is 1180. The molecule has 0 fully saturated rings. The summed E-state index contributed by atoms with van der Waals surface area (Å²) in [7, 11) is 0. The lowest BCUT2D eigenvalue weighted by atomic mass is 10.2. The van der Waals surface area contributed by atoms with Gasteiger partial charge in [-0.3, -0.25) is 9.36 Å². The van der Waals surface area contributed by atoms with E-state index in [2.05, 4.69) is 15.5 Å². The van der Waals surface area contributed by atoms with Crippen LogP contribution in [0.25, 0.3) is 10.7 Å². The van der Waals surface area contributed by atoms with Crippen molar-refractivity contribution in [3.63, 3.8) is 0 Å². The number of thioether (sulfide) groups is 1. The molecule has 0 aliphatic rings. The van der Waals surface area contributed by atoms with Crippen molar-refractivity contribution in [3.8, 4) is 10.7 Å². The number of nitrogens with zero attached hydrogens (tertiary/aromatic N) is 3. The van der Waals surface area contributed by atoms with E-state index >= 15 is 0 Å². The number of anilines is 1. The molecule has 0 aliphatic carbocycles. The van der Waals surface area contributed by atoms with Crippen molar-refractivity contribution in [1.29, 1.82) is 0 Å². The molecule has 31 heavy (non-hydrogen) atoms. The van der Waals surface area contributed by atoms with Crippen molar-refractivity contribution < 1.29 is 9.18 Å². The lowest BCUT2D eigenvalue weighted by Gasteiger charge is -2.14. The van der Waals surface area contributed by atoms with Gasteiger partial charge >= 0.3 is 0 Å². The molecule has 2 aromatic heterocycles. The molecule has 1 N–H and O–H groups in total. The number of carbonyl (C=O) groups excluding carboxylic acids is 1. The van der Waals surface area contributed by atoms with Crippen molar-refractivity contribution in [1.82, 2.24) is 14.8 Å². The van der Waals surface area contributed by atoms with Gasteiger partial charge in [-0.25, -0.2) is 4.39 Å². The molecule has 5 nitrogen and oxygen atoms in total. The summed E-state index contributed by atoms with van der Waals surface area (Å²) in [6, 6.07) is 17.9. The van der Waals surface area contributed by atoms with Crippen molar-refractivity contribution in [2.24, 2.45) is 0 Å². The van der Waals surface area contributed by atoms with Crippen LogP contribution in [0.15, 0.2) is 71.2 Å².